The quantitative estimate of drug-likeness (QED) is 0.381. The zero-order valence-electron chi connectivity index (χ0n) is 19.7. The van der Waals surface area contributed by atoms with Crippen LogP contribution in [0.1, 0.15) is 18.1 Å². The molecule has 1 aliphatic heterocycles. The summed E-state index contributed by atoms with van der Waals surface area (Å²) in [6.45, 7) is 6.30. The second kappa shape index (κ2) is 9.17. The molecule has 9 nitrogen and oxygen atoms in total. The second-order valence-corrected chi connectivity index (χ2v) is 8.75. The molecule has 1 fully saturated rings. The Morgan fingerprint density at radius 1 is 0.771 bits per heavy atom. The molecule has 0 N–H and O–H groups in total. The molecule has 0 radical (unpaired) electrons. The molecule has 0 aliphatic carbocycles. The molecule has 9 heteroatoms. The van der Waals surface area contributed by atoms with Gasteiger partial charge in [-0.25, -0.2) is 19.5 Å². The summed E-state index contributed by atoms with van der Waals surface area (Å²) in [5.74, 6) is 1.74. The van der Waals surface area contributed by atoms with E-state index in [9.17, 15) is 0 Å². The van der Waals surface area contributed by atoms with Crippen LogP contribution in [0.25, 0.3) is 16.6 Å². The fraction of sp³-hybridized carbons (Fsp3) is 0.269. The van der Waals surface area contributed by atoms with Crippen LogP contribution in [0.5, 0.6) is 0 Å². The van der Waals surface area contributed by atoms with Crippen molar-refractivity contribution < 1.29 is 0 Å². The van der Waals surface area contributed by atoms with E-state index in [1.165, 1.54) is 5.56 Å². The number of hydrogen-bond acceptors (Lipinski definition) is 7. The van der Waals surface area contributed by atoms with Gasteiger partial charge in [-0.05, 0) is 24.1 Å². The fourth-order valence-electron chi connectivity index (χ4n) is 4.56. The SMILES string of the molecule is CCn1cc(-c2cc3c(N4CCN(c5ncc(Cc6ccccc6)cn5)CC4)ncnn3c2)cn1. The lowest BCUT2D eigenvalue weighted by atomic mass is 10.1. The molecule has 0 unspecified atom stereocenters. The molecule has 5 aromatic rings. The first-order chi connectivity index (χ1) is 17.3. The first-order valence-electron chi connectivity index (χ1n) is 12.0. The maximum absolute atomic E-state index is 4.65. The van der Waals surface area contributed by atoms with E-state index in [2.05, 4.69) is 78.4 Å². The maximum atomic E-state index is 4.65. The Bertz CT molecular complexity index is 1410. The predicted molar refractivity (Wildman–Crippen MR) is 136 cm³/mol. The highest BCUT2D eigenvalue weighted by Gasteiger charge is 2.22. The number of aryl methyl sites for hydroxylation is 1. The largest absolute Gasteiger partial charge is 0.351 e. The molecule has 5 heterocycles. The van der Waals surface area contributed by atoms with Gasteiger partial charge in [0.05, 0.1) is 6.20 Å². The first kappa shape index (κ1) is 21.3. The van der Waals surface area contributed by atoms with Gasteiger partial charge in [0.15, 0.2) is 5.82 Å². The number of anilines is 2. The average Bonchev–Trinajstić information content (AvgIpc) is 3.57. The minimum Gasteiger partial charge on any atom is -0.351 e. The fourth-order valence-corrected chi connectivity index (χ4v) is 4.56. The van der Waals surface area contributed by atoms with Crippen molar-refractivity contribution in [2.45, 2.75) is 19.9 Å². The zero-order valence-corrected chi connectivity index (χ0v) is 19.7. The molecule has 6 rings (SSSR count). The molecule has 1 aromatic carbocycles. The topological polar surface area (TPSA) is 80.3 Å². The normalized spacial score (nSPS) is 14.1. The van der Waals surface area contributed by atoms with Gasteiger partial charge < -0.3 is 9.80 Å². The summed E-state index contributed by atoms with van der Waals surface area (Å²) in [7, 11) is 0. The molecule has 1 saturated heterocycles. The zero-order chi connectivity index (χ0) is 23.6. The minimum atomic E-state index is 0.784. The summed E-state index contributed by atoms with van der Waals surface area (Å²) in [5.41, 5.74) is 5.56. The van der Waals surface area contributed by atoms with E-state index in [4.69, 9.17) is 0 Å². The molecule has 176 valence electrons. The Hall–Kier alpha value is -4.27. The van der Waals surface area contributed by atoms with Crippen molar-refractivity contribution in [1.29, 1.82) is 0 Å². The third-order valence-electron chi connectivity index (χ3n) is 6.48. The predicted octanol–water partition coefficient (Wildman–Crippen LogP) is 3.32. The van der Waals surface area contributed by atoms with Crippen LogP contribution in [0, 0.1) is 0 Å². The van der Waals surface area contributed by atoms with Gasteiger partial charge in [0.1, 0.15) is 11.8 Å². The van der Waals surface area contributed by atoms with Crippen LogP contribution in [0.15, 0.2) is 73.7 Å². The summed E-state index contributed by atoms with van der Waals surface area (Å²) in [4.78, 5) is 18.5. The van der Waals surface area contributed by atoms with E-state index >= 15 is 0 Å². The monoisotopic (exact) mass is 465 g/mol. The van der Waals surface area contributed by atoms with Crippen LogP contribution >= 0.6 is 0 Å². The van der Waals surface area contributed by atoms with Crippen molar-refractivity contribution in [2.75, 3.05) is 36.0 Å². The average molecular weight is 466 g/mol. The van der Waals surface area contributed by atoms with Crippen molar-refractivity contribution >= 4 is 17.3 Å². The molecule has 0 amide bonds. The standard InChI is InChI=1S/C26H27N9/c1-2-34-17-23(16-30-34)22-13-24-25(29-19-31-35(24)18-22)32-8-10-33(11-9-32)26-27-14-21(15-28-26)12-20-6-4-3-5-7-20/h3-7,13-19H,2,8-12H2,1H3. The number of nitrogens with zero attached hydrogens (tertiary/aromatic N) is 9. The Morgan fingerprint density at radius 3 is 2.29 bits per heavy atom. The highest BCUT2D eigenvalue weighted by molar-refractivity contribution is 5.77. The first-order valence-corrected chi connectivity index (χ1v) is 12.0. The number of benzene rings is 1. The molecular formula is C26H27N9. The van der Waals surface area contributed by atoms with Crippen molar-refractivity contribution in [3.8, 4) is 11.1 Å². The van der Waals surface area contributed by atoms with Crippen LogP contribution in [-0.2, 0) is 13.0 Å². The van der Waals surface area contributed by atoms with Gasteiger partial charge in [0, 0.05) is 75.1 Å². The number of aromatic nitrogens is 7. The van der Waals surface area contributed by atoms with E-state index in [1.807, 2.05) is 40.1 Å². The van der Waals surface area contributed by atoms with E-state index in [-0.39, 0.29) is 0 Å². The lowest BCUT2D eigenvalue weighted by Crippen LogP contribution is -2.47. The lowest BCUT2D eigenvalue weighted by Gasteiger charge is -2.35. The van der Waals surface area contributed by atoms with E-state index in [0.717, 1.165) is 73.1 Å². The highest BCUT2D eigenvalue weighted by Crippen LogP contribution is 2.27. The molecule has 35 heavy (non-hydrogen) atoms. The van der Waals surface area contributed by atoms with Gasteiger partial charge in [-0.15, -0.1) is 0 Å². The smallest absolute Gasteiger partial charge is 0.225 e. The van der Waals surface area contributed by atoms with Crippen molar-refractivity contribution in [3.05, 3.63) is 84.8 Å². The Balaban J connectivity index is 1.15. The van der Waals surface area contributed by atoms with Crippen LogP contribution in [0.4, 0.5) is 11.8 Å². The number of hydrogen-bond donors (Lipinski definition) is 0. The molecular weight excluding hydrogens is 438 g/mol. The number of fused-ring (bicyclic) bond motifs is 1. The summed E-state index contributed by atoms with van der Waals surface area (Å²) in [5, 5.41) is 8.83. The van der Waals surface area contributed by atoms with E-state index in [1.54, 1.807) is 6.33 Å². The molecule has 0 bridgehead atoms. The highest BCUT2D eigenvalue weighted by atomic mass is 15.4. The van der Waals surface area contributed by atoms with Crippen LogP contribution < -0.4 is 9.80 Å². The van der Waals surface area contributed by atoms with Gasteiger partial charge >= 0.3 is 0 Å². The Morgan fingerprint density at radius 2 is 1.54 bits per heavy atom. The molecule has 4 aromatic heterocycles. The van der Waals surface area contributed by atoms with E-state index in [0.29, 0.717) is 0 Å². The minimum absolute atomic E-state index is 0.784. The number of piperazine rings is 1. The third kappa shape index (κ3) is 4.32. The van der Waals surface area contributed by atoms with Crippen LogP contribution in [-0.4, -0.2) is 60.5 Å². The lowest BCUT2D eigenvalue weighted by molar-refractivity contribution is 0.633. The summed E-state index contributed by atoms with van der Waals surface area (Å²) in [6, 6.07) is 12.6. The molecule has 0 spiro atoms. The van der Waals surface area contributed by atoms with Gasteiger partial charge in [-0.3, -0.25) is 4.68 Å². The van der Waals surface area contributed by atoms with Crippen molar-refractivity contribution in [1.82, 2.24) is 34.3 Å². The van der Waals surface area contributed by atoms with Gasteiger partial charge in [-0.1, -0.05) is 30.3 Å². The summed E-state index contributed by atoms with van der Waals surface area (Å²) < 4.78 is 3.83. The van der Waals surface area contributed by atoms with Gasteiger partial charge in [-0.2, -0.15) is 10.2 Å². The molecule has 0 saturated carbocycles. The van der Waals surface area contributed by atoms with Crippen LogP contribution in [0.3, 0.4) is 0 Å². The molecule has 1 aliphatic rings. The van der Waals surface area contributed by atoms with Gasteiger partial charge in [0.2, 0.25) is 5.95 Å². The Labute approximate surface area is 203 Å². The Kier molecular flexibility index (Phi) is 5.57. The third-order valence-corrected chi connectivity index (χ3v) is 6.48. The number of rotatable bonds is 6. The van der Waals surface area contributed by atoms with E-state index < -0.39 is 0 Å². The summed E-state index contributed by atoms with van der Waals surface area (Å²) in [6.07, 6.45) is 12.4. The maximum Gasteiger partial charge on any atom is 0.225 e. The summed E-state index contributed by atoms with van der Waals surface area (Å²) >= 11 is 0. The van der Waals surface area contributed by atoms with Crippen molar-refractivity contribution in [3.63, 3.8) is 0 Å². The van der Waals surface area contributed by atoms with Gasteiger partial charge in [0.25, 0.3) is 0 Å². The van der Waals surface area contributed by atoms with Crippen molar-refractivity contribution in [2.24, 2.45) is 0 Å². The van der Waals surface area contributed by atoms with Crippen LogP contribution in [0.2, 0.25) is 0 Å². The second-order valence-electron chi connectivity index (χ2n) is 8.75. The molecule has 0 atom stereocenters.